The second-order valence-electron chi connectivity index (χ2n) is 5.75. The van der Waals surface area contributed by atoms with E-state index in [0.29, 0.717) is 0 Å². The average Bonchev–Trinajstić information content (AvgIpc) is 2.43. The molecule has 26 heavy (non-hydrogen) atoms. The predicted octanol–water partition coefficient (Wildman–Crippen LogP) is 2.94. The van der Waals surface area contributed by atoms with Crippen LogP contribution in [-0.4, -0.2) is 52.4 Å². The van der Waals surface area contributed by atoms with Crippen molar-refractivity contribution in [3.05, 3.63) is 0 Å². The molecule has 1 saturated heterocycles. The number of halogens is 6. The lowest BCUT2D eigenvalue weighted by Gasteiger charge is -2.32. The number of nitrogens with one attached hydrogen (secondary N) is 1. The molecule has 1 aliphatic heterocycles. The molecule has 1 fully saturated rings. The summed E-state index contributed by atoms with van der Waals surface area (Å²) in [6, 6.07) is 0.906. The second-order valence-corrected chi connectivity index (χ2v) is 9.36. The number of unbranched alkanes of at least 4 members (excludes halogenated alkanes) is 1. The lowest BCUT2D eigenvalue weighted by Crippen LogP contribution is -2.45. The fraction of sp³-hybridized carbons (Fsp3) is 1.00. The number of alkyl halides is 6. The van der Waals surface area contributed by atoms with Crippen LogP contribution in [0.2, 0.25) is 0 Å². The molecule has 1 atom stereocenters. The van der Waals surface area contributed by atoms with Crippen LogP contribution in [0.15, 0.2) is 0 Å². The monoisotopic (exact) mass is 436 g/mol. The molecule has 0 radical (unpaired) electrons. The molecular formula is C12H22F6N2O4S2. The summed E-state index contributed by atoms with van der Waals surface area (Å²) in [7, 11) is -10.9. The SMILES string of the molecule is CCCCC1CCCCN1C.O=S(=O)(NS(=O)(=O)C(F)(F)F)C(F)(F)F. The normalized spacial score (nSPS) is 20.4. The molecule has 158 valence electrons. The maximum Gasteiger partial charge on any atom is 0.512 e. The molecule has 1 heterocycles. The van der Waals surface area contributed by atoms with Gasteiger partial charge in [-0.1, -0.05) is 30.3 Å². The van der Waals surface area contributed by atoms with Crippen molar-refractivity contribution in [1.29, 1.82) is 0 Å². The van der Waals surface area contributed by atoms with E-state index in [1.165, 1.54) is 45.1 Å². The van der Waals surface area contributed by atoms with Crippen molar-refractivity contribution in [3.8, 4) is 0 Å². The number of nitrogens with zero attached hydrogens (tertiary/aromatic N) is 1. The van der Waals surface area contributed by atoms with E-state index in [2.05, 4.69) is 18.9 Å². The highest BCUT2D eigenvalue weighted by atomic mass is 32.3. The fourth-order valence-electron chi connectivity index (χ4n) is 2.19. The molecule has 0 aromatic rings. The van der Waals surface area contributed by atoms with Gasteiger partial charge in [-0.2, -0.15) is 26.3 Å². The molecule has 6 nitrogen and oxygen atoms in total. The largest absolute Gasteiger partial charge is 0.512 e. The minimum absolute atomic E-state index is 0.493. The van der Waals surface area contributed by atoms with Crippen LogP contribution in [0.1, 0.15) is 45.4 Å². The molecule has 14 heteroatoms. The lowest BCUT2D eigenvalue weighted by molar-refractivity contribution is -0.0476. The van der Waals surface area contributed by atoms with Gasteiger partial charge in [0.2, 0.25) is 0 Å². The van der Waals surface area contributed by atoms with Crippen LogP contribution in [-0.2, 0) is 20.0 Å². The fourth-order valence-corrected chi connectivity index (χ4v) is 4.10. The summed E-state index contributed by atoms with van der Waals surface area (Å²) in [6.07, 6.45) is 8.50. The van der Waals surface area contributed by atoms with Gasteiger partial charge in [0.15, 0.2) is 0 Å². The highest BCUT2D eigenvalue weighted by molar-refractivity contribution is 8.05. The first-order valence-corrected chi connectivity index (χ1v) is 10.6. The van der Waals surface area contributed by atoms with Gasteiger partial charge in [-0.15, -0.1) is 0 Å². The van der Waals surface area contributed by atoms with E-state index in [4.69, 9.17) is 0 Å². The van der Waals surface area contributed by atoms with E-state index < -0.39 is 35.2 Å². The number of hydrogen-bond donors (Lipinski definition) is 1. The zero-order valence-electron chi connectivity index (χ0n) is 14.2. The van der Waals surface area contributed by atoms with Gasteiger partial charge in [0.1, 0.15) is 0 Å². The molecule has 1 aliphatic rings. The van der Waals surface area contributed by atoms with Crippen LogP contribution in [0.4, 0.5) is 26.3 Å². The number of likely N-dealkylation sites (tertiary alicyclic amines) is 1. The van der Waals surface area contributed by atoms with Crippen LogP contribution in [0, 0.1) is 0 Å². The van der Waals surface area contributed by atoms with Crippen LogP contribution in [0.25, 0.3) is 0 Å². The zero-order chi connectivity index (χ0) is 20.8. The number of rotatable bonds is 5. The van der Waals surface area contributed by atoms with Gasteiger partial charge in [-0.25, -0.2) is 16.8 Å². The average molecular weight is 436 g/mol. The number of piperidine rings is 1. The number of sulfonamides is 2. The Kier molecular flexibility index (Phi) is 9.33. The summed E-state index contributed by atoms with van der Waals surface area (Å²) < 4.78 is 108. The van der Waals surface area contributed by atoms with Gasteiger partial charge >= 0.3 is 31.1 Å². The molecule has 0 aliphatic carbocycles. The Labute approximate surface area is 149 Å². The summed E-state index contributed by atoms with van der Waals surface area (Å²) in [5, 5.41) is 0. The second kappa shape index (κ2) is 9.55. The van der Waals surface area contributed by atoms with Gasteiger partial charge < -0.3 is 4.90 Å². The van der Waals surface area contributed by atoms with Crippen LogP contribution in [0.3, 0.4) is 0 Å². The van der Waals surface area contributed by atoms with Crippen molar-refractivity contribution in [3.63, 3.8) is 0 Å². The quantitative estimate of drug-likeness (QED) is 0.670. The summed E-state index contributed by atoms with van der Waals surface area (Å²) in [6.45, 7) is 3.61. The Morgan fingerprint density at radius 1 is 0.962 bits per heavy atom. The smallest absolute Gasteiger partial charge is 0.303 e. The van der Waals surface area contributed by atoms with E-state index in [9.17, 15) is 43.2 Å². The van der Waals surface area contributed by atoms with Gasteiger partial charge in [-0.3, -0.25) is 0 Å². The lowest BCUT2D eigenvalue weighted by atomic mass is 9.98. The molecule has 0 spiro atoms. The first-order chi connectivity index (χ1) is 11.5. The van der Waals surface area contributed by atoms with E-state index in [1.807, 2.05) is 0 Å². The van der Waals surface area contributed by atoms with E-state index in [0.717, 1.165) is 6.04 Å². The van der Waals surface area contributed by atoms with Gasteiger partial charge in [0, 0.05) is 6.04 Å². The van der Waals surface area contributed by atoms with Crippen LogP contribution >= 0.6 is 0 Å². The Balaban J connectivity index is 0.000000502. The Morgan fingerprint density at radius 2 is 1.42 bits per heavy atom. The molecule has 0 aromatic carbocycles. The van der Waals surface area contributed by atoms with E-state index >= 15 is 0 Å². The Hall–Kier alpha value is -0.600. The molecule has 0 saturated carbocycles. The van der Waals surface area contributed by atoms with Crippen molar-refractivity contribution in [2.45, 2.75) is 62.5 Å². The minimum Gasteiger partial charge on any atom is -0.303 e. The summed E-state index contributed by atoms with van der Waals surface area (Å²) in [4.78, 5) is 2.54. The van der Waals surface area contributed by atoms with E-state index in [1.54, 1.807) is 0 Å². The van der Waals surface area contributed by atoms with Crippen molar-refractivity contribution < 1.29 is 43.2 Å². The van der Waals surface area contributed by atoms with Crippen LogP contribution in [0.5, 0.6) is 0 Å². The van der Waals surface area contributed by atoms with Crippen molar-refractivity contribution in [1.82, 2.24) is 9.03 Å². The molecule has 1 N–H and O–H groups in total. The molecular weight excluding hydrogens is 414 g/mol. The van der Waals surface area contributed by atoms with Crippen molar-refractivity contribution in [2.24, 2.45) is 0 Å². The van der Waals surface area contributed by atoms with Crippen LogP contribution < -0.4 is 4.13 Å². The topological polar surface area (TPSA) is 83.6 Å². The third kappa shape index (κ3) is 7.96. The highest BCUT2D eigenvalue weighted by Gasteiger charge is 2.55. The maximum atomic E-state index is 11.5. The molecule has 0 aromatic heterocycles. The zero-order valence-corrected chi connectivity index (χ0v) is 15.8. The van der Waals surface area contributed by atoms with Crippen molar-refractivity contribution in [2.75, 3.05) is 13.6 Å². The van der Waals surface area contributed by atoms with Gasteiger partial charge in [0.05, 0.1) is 0 Å². The minimum atomic E-state index is -6.60. The van der Waals surface area contributed by atoms with Crippen molar-refractivity contribution >= 4 is 20.0 Å². The third-order valence-corrected chi connectivity index (χ3v) is 6.62. The standard InChI is InChI=1S/C10H21N.C2HF6NO4S2/c1-3-4-7-10-8-5-6-9-11(10)2;3-1(4,5)14(10,11)9-15(12,13)2(6,7)8/h10H,3-9H2,1-2H3;9H. The molecule has 0 amide bonds. The Bertz CT molecular complexity index is 589. The highest BCUT2D eigenvalue weighted by Crippen LogP contribution is 2.27. The van der Waals surface area contributed by atoms with Gasteiger partial charge in [0.25, 0.3) is 0 Å². The Morgan fingerprint density at radius 3 is 1.77 bits per heavy atom. The summed E-state index contributed by atoms with van der Waals surface area (Å²) in [5.41, 5.74) is -12.3. The maximum absolute atomic E-state index is 11.5. The third-order valence-electron chi connectivity index (χ3n) is 3.64. The number of hydrogen-bond acceptors (Lipinski definition) is 5. The summed E-state index contributed by atoms with van der Waals surface area (Å²) >= 11 is 0. The molecule has 0 bridgehead atoms. The first kappa shape index (κ1) is 25.4. The van der Waals surface area contributed by atoms with E-state index in [-0.39, 0.29) is 0 Å². The summed E-state index contributed by atoms with van der Waals surface area (Å²) in [5.74, 6) is 0. The predicted molar refractivity (Wildman–Crippen MR) is 82.9 cm³/mol. The van der Waals surface area contributed by atoms with Gasteiger partial charge in [-0.05, 0) is 32.9 Å². The molecule has 1 unspecified atom stereocenters. The molecule has 1 rings (SSSR count). The first-order valence-electron chi connectivity index (χ1n) is 7.66.